The Morgan fingerprint density at radius 1 is 0.950 bits per heavy atom. The van der Waals surface area contributed by atoms with Crippen molar-refractivity contribution in [3.8, 4) is 0 Å². The summed E-state index contributed by atoms with van der Waals surface area (Å²) in [4.78, 5) is 0.286. The second kappa shape index (κ2) is 5.30. The molecular weight excluding hydrogens is 274 g/mol. The van der Waals surface area contributed by atoms with Gasteiger partial charge in [-0.15, -0.1) is 0 Å². The van der Waals surface area contributed by atoms with Crippen molar-refractivity contribution in [2.24, 2.45) is 0 Å². The van der Waals surface area contributed by atoms with Crippen molar-refractivity contribution in [1.29, 1.82) is 0 Å². The lowest BCUT2D eigenvalue weighted by Crippen LogP contribution is -2.22. The zero-order chi connectivity index (χ0) is 14.9. The lowest BCUT2D eigenvalue weighted by Gasteiger charge is -2.14. The number of benzene rings is 1. The number of aromatic nitrogens is 1. The summed E-state index contributed by atoms with van der Waals surface area (Å²) in [6.07, 6.45) is 0. The van der Waals surface area contributed by atoms with Crippen LogP contribution in [0.1, 0.15) is 11.4 Å². The maximum Gasteiger partial charge on any atom is 0.242 e. The van der Waals surface area contributed by atoms with Crippen LogP contribution in [0.5, 0.6) is 0 Å². The van der Waals surface area contributed by atoms with Crippen LogP contribution in [0.4, 0.5) is 5.69 Å². The highest BCUT2D eigenvalue weighted by Crippen LogP contribution is 2.17. The molecule has 1 aromatic carbocycles. The third-order valence-corrected chi connectivity index (χ3v) is 4.97. The van der Waals surface area contributed by atoms with Crippen LogP contribution in [-0.4, -0.2) is 31.5 Å². The summed E-state index contributed by atoms with van der Waals surface area (Å²) in [6, 6.07) is 10.8. The molecule has 0 aliphatic heterocycles. The van der Waals surface area contributed by atoms with Crippen LogP contribution in [0, 0.1) is 13.8 Å². The number of rotatable bonds is 4. The maximum atomic E-state index is 12.0. The molecule has 0 fully saturated rings. The van der Waals surface area contributed by atoms with Crippen molar-refractivity contribution in [3.63, 3.8) is 0 Å². The lowest BCUT2D eigenvalue weighted by molar-refractivity contribution is 0.521. The van der Waals surface area contributed by atoms with Gasteiger partial charge in [0.25, 0.3) is 0 Å². The third-order valence-electron chi connectivity index (χ3n) is 3.14. The van der Waals surface area contributed by atoms with E-state index >= 15 is 0 Å². The fraction of sp³-hybridized carbons (Fsp3) is 0.286. The van der Waals surface area contributed by atoms with Gasteiger partial charge in [0.2, 0.25) is 10.0 Å². The number of sulfonamides is 1. The zero-order valence-corrected chi connectivity index (χ0v) is 12.9. The summed E-state index contributed by atoms with van der Waals surface area (Å²) >= 11 is 0. The first kappa shape index (κ1) is 14.6. The van der Waals surface area contributed by atoms with Gasteiger partial charge in [-0.05, 0) is 50.2 Å². The van der Waals surface area contributed by atoms with Crippen LogP contribution in [-0.2, 0) is 10.0 Å². The molecule has 0 aliphatic rings. The van der Waals surface area contributed by atoms with E-state index in [1.54, 1.807) is 24.3 Å². The largest absolute Gasteiger partial charge is 0.294 e. The van der Waals surface area contributed by atoms with Crippen LogP contribution in [0.3, 0.4) is 0 Å². The predicted octanol–water partition coefficient (Wildman–Crippen LogP) is 2.23. The minimum absolute atomic E-state index is 0.286. The Morgan fingerprint density at radius 3 is 1.90 bits per heavy atom. The molecule has 1 N–H and O–H groups in total. The quantitative estimate of drug-likeness (QED) is 0.940. The van der Waals surface area contributed by atoms with E-state index < -0.39 is 10.0 Å². The highest BCUT2D eigenvalue weighted by molar-refractivity contribution is 7.89. The summed E-state index contributed by atoms with van der Waals surface area (Å²) in [5.41, 5.74) is 6.26. The summed E-state index contributed by atoms with van der Waals surface area (Å²) in [6.45, 7) is 4.01. The van der Waals surface area contributed by atoms with Crippen LogP contribution >= 0.6 is 0 Å². The van der Waals surface area contributed by atoms with Crippen molar-refractivity contribution in [2.75, 3.05) is 19.5 Å². The van der Waals surface area contributed by atoms with Gasteiger partial charge in [0.1, 0.15) is 0 Å². The van der Waals surface area contributed by atoms with E-state index in [4.69, 9.17) is 0 Å². The molecule has 1 heterocycles. The molecule has 0 atom stereocenters. The van der Waals surface area contributed by atoms with Gasteiger partial charge in [-0.25, -0.2) is 12.7 Å². The Bertz CT molecular complexity index is 681. The molecule has 0 bridgehead atoms. The fourth-order valence-electron chi connectivity index (χ4n) is 1.89. The monoisotopic (exact) mass is 293 g/mol. The maximum absolute atomic E-state index is 12.0. The highest BCUT2D eigenvalue weighted by atomic mass is 32.2. The van der Waals surface area contributed by atoms with Crippen molar-refractivity contribution >= 4 is 15.7 Å². The zero-order valence-electron chi connectivity index (χ0n) is 12.1. The van der Waals surface area contributed by atoms with Gasteiger partial charge in [0.15, 0.2) is 0 Å². The molecule has 0 aliphatic carbocycles. The fourth-order valence-corrected chi connectivity index (χ4v) is 2.79. The van der Waals surface area contributed by atoms with Gasteiger partial charge in [-0.1, -0.05) is 0 Å². The Balaban J connectivity index is 2.26. The molecule has 0 amide bonds. The van der Waals surface area contributed by atoms with E-state index in [-0.39, 0.29) is 4.90 Å². The lowest BCUT2D eigenvalue weighted by atomic mass is 10.3. The van der Waals surface area contributed by atoms with Gasteiger partial charge in [0, 0.05) is 25.5 Å². The molecule has 2 rings (SSSR count). The SMILES string of the molecule is Cc1ccc(C)n1Nc1ccc(S(=O)(=O)N(C)C)cc1. The molecule has 0 saturated heterocycles. The Labute approximate surface area is 119 Å². The average molecular weight is 293 g/mol. The average Bonchev–Trinajstić information content (AvgIpc) is 2.71. The molecule has 0 spiro atoms. The summed E-state index contributed by atoms with van der Waals surface area (Å²) in [5.74, 6) is 0. The first-order valence-corrected chi connectivity index (χ1v) is 7.71. The second-order valence-electron chi connectivity index (χ2n) is 4.88. The molecule has 2 aromatic rings. The van der Waals surface area contributed by atoms with Crippen LogP contribution in [0.15, 0.2) is 41.3 Å². The van der Waals surface area contributed by atoms with E-state index in [2.05, 4.69) is 5.43 Å². The van der Waals surface area contributed by atoms with Gasteiger partial charge in [-0.2, -0.15) is 0 Å². The smallest absolute Gasteiger partial charge is 0.242 e. The highest BCUT2D eigenvalue weighted by Gasteiger charge is 2.16. The van der Waals surface area contributed by atoms with Crippen molar-refractivity contribution in [1.82, 2.24) is 8.98 Å². The number of aryl methyl sites for hydroxylation is 2. The molecule has 5 nitrogen and oxygen atoms in total. The number of anilines is 1. The normalized spacial score (nSPS) is 11.8. The Morgan fingerprint density at radius 2 is 1.45 bits per heavy atom. The van der Waals surface area contributed by atoms with E-state index in [9.17, 15) is 8.42 Å². The Hall–Kier alpha value is -1.79. The van der Waals surface area contributed by atoms with E-state index in [1.807, 2.05) is 30.7 Å². The van der Waals surface area contributed by atoms with Crippen molar-refractivity contribution < 1.29 is 8.42 Å². The summed E-state index contributed by atoms with van der Waals surface area (Å²) < 4.78 is 27.1. The molecule has 6 heteroatoms. The minimum atomic E-state index is -3.37. The molecule has 0 saturated carbocycles. The topological polar surface area (TPSA) is 54.3 Å². The van der Waals surface area contributed by atoms with Gasteiger partial charge >= 0.3 is 0 Å². The van der Waals surface area contributed by atoms with E-state index in [0.29, 0.717) is 0 Å². The molecule has 1 aromatic heterocycles. The molecule has 0 unspecified atom stereocenters. The van der Waals surface area contributed by atoms with Gasteiger partial charge in [-0.3, -0.25) is 10.1 Å². The second-order valence-corrected chi connectivity index (χ2v) is 7.03. The first-order chi connectivity index (χ1) is 9.32. The number of nitrogens with one attached hydrogen (secondary N) is 1. The number of hydrogen-bond acceptors (Lipinski definition) is 3. The minimum Gasteiger partial charge on any atom is -0.294 e. The van der Waals surface area contributed by atoms with Crippen molar-refractivity contribution in [2.45, 2.75) is 18.7 Å². The van der Waals surface area contributed by atoms with Gasteiger partial charge in [0.05, 0.1) is 10.6 Å². The predicted molar refractivity (Wildman–Crippen MR) is 80.2 cm³/mol. The standard InChI is InChI=1S/C14H19N3O2S/c1-11-5-6-12(2)17(11)15-13-7-9-14(10-8-13)20(18,19)16(3)4/h5-10,15H,1-4H3. The molecule has 0 radical (unpaired) electrons. The van der Waals surface area contributed by atoms with E-state index in [0.717, 1.165) is 17.1 Å². The summed E-state index contributed by atoms with van der Waals surface area (Å²) in [5, 5.41) is 0. The van der Waals surface area contributed by atoms with E-state index in [1.165, 1.54) is 18.4 Å². The summed E-state index contributed by atoms with van der Waals surface area (Å²) in [7, 11) is -0.330. The molecular formula is C14H19N3O2S. The number of nitrogens with zero attached hydrogens (tertiary/aromatic N) is 2. The number of hydrogen-bond donors (Lipinski definition) is 1. The Kier molecular flexibility index (Phi) is 3.87. The third kappa shape index (κ3) is 2.71. The molecule has 108 valence electrons. The van der Waals surface area contributed by atoms with Crippen molar-refractivity contribution in [3.05, 3.63) is 47.8 Å². The first-order valence-electron chi connectivity index (χ1n) is 6.27. The van der Waals surface area contributed by atoms with Crippen LogP contribution < -0.4 is 5.43 Å². The molecule has 20 heavy (non-hydrogen) atoms. The van der Waals surface area contributed by atoms with Gasteiger partial charge < -0.3 is 0 Å². The van der Waals surface area contributed by atoms with Crippen LogP contribution in [0.2, 0.25) is 0 Å². The van der Waals surface area contributed by atoms with Crippen LogP contribution in [0.25, 0.3) is 0 Å².